The number of halogens is 2. The maximum absolute atomic E-state index is 12.5. The average Bonchev–Trinajstić information content (AvgIpc) is 2.76. The quantitative estimate of drug-likeness (QED) is 0.807. The van der Waals surface area contributed by atoms with Crippen LogP contribution in [0.15, 0.2) is 42.6 Å². The minimum atomic E-state index is -0.380. The number of hydrogen-bond donors (Lipinski definition) is 0. The summed E-state index contributed by atoms with van der Waals surface area (Å²) in [6.07, 6.45) is 2.15. The number of hydrogen-bond acceptors (Lipinski definition) is 3. The summed E-state index contributed by atoms with van der Waals surface area (Å²) in [7, 11) is 0. The van der Waals surface area contributed by atoms with Crippen molar-refractivity contribution in [2.24, 2.45) is 5.92 Å². The van der Waals surface area contributed by atoms with Crippen molar-refractivity contribution in [3.8, 4) is 0 Å². The minimum Gasteiger partial charge on any atom is -0.274 e. The summed E-state index contributed by atoms with van der Waals surface area (Å²) >= 11 is 11.7. The molecule has 0 radical (unpaired) electrons. The van der Waals surface area contributed by atoms with Crippen LogP contribution in [0.4, 0.5) is 5.82 Å². The lowest BCUT2D eigenvalue weighted by molar-refractivity contribution is -0.122. The topological polar surface area (TPSA) is 50.3 Å². The van der Waals surface area contributed by atoms with Crippen molar-refractivity contribution in [3.63, 3.8) is 0 Å². The molecule has 0 aliphatic carbocycles. The van der Waals surface area contributed by atoms with E-state index in [9.17, 15) is 9.59 Å². The molecule has 1 aromatic heterocycles. The lowest BCUT2D eigenvalue weighted by atomic mass is 9.98. The van der Waals surface area contributed by atoms with Crippen LogP contribution < -0.4 is 4.90 Å². The van der Waals surface area contributed by atoms with Crippen LogP contribution in [-0.4, -0.2) is 16.8 Å². The molecule has 112 valence electrons. The van der Waals surface area contributed by atoms with Gasteiger partial charge in [-0.3, -0.25) is 9.59 Å². The van der Waals surface area contributed by atoms with E-state index in [1.54, 1.807) is 18.2 Å². The molecule has 1 atom stereocenters. The van der Waals surface area contributed by atoms with E-state index in [2.05, 4.69) is 4.98 Å². The Balaban J connectivity index is 1.81. The number of amides is 2. The number of aromatic nitrogens is 1. The van der Waals surface area contributed by atoms with E-state index < -0.39 is 0 Å². The van der Waals surface area contributed by atoms with Gasteiger partial charge in [0.05, 0.1) is 5.92 Å². The summed E-state index contributed by atoms with van der Waals surface area (Å²) in [6.45, 7) is 0. The molecule has 0 saturated carbocycles. The fourth-order valence-corrected chi connectivity index (χ4v) is 2.80. The van der Waals surface area contributed by atoms with Crippen molar-refractivity contribution >= 4 is 40.8 Å². The maximum atomic E-state index is 12.5. The highest BCUT2D eigenvalue weighted by molar-refractivity contribution is 6.31. The van der Waals surface area contributed by atoms with E-state index in [4.69, 9.17) is 23.2 Å². The van der Waals surface area contributed by atoms with Crippen molar-refractivity contribution in [2.75, 3.05) is 4.90 Å². The number of carbonyl (C=O) groups excluding carboxylic acids is 2. The van der Waals surface area contributed by atoms with Gasteiger partial charge in [-0.25, -0.2) is 9.88 Å². The molecule has 6 heteroatoms. The second kappa shape index (κ2) is 6.07. The molecule has 4 nitrogen and oxygen atoms in total. The SMILES string of the molecule is O=C1C[C@H](Cc2ccc(Cl)cc2)C(=O)N1c1cc(Cl)ccn1. The number of imide groups is 1. The first-order valence-electron chi connectivity index (χ1n) is 6.77. The Morgan fingerprint density at radius 2 is 1.82 bits per heavy atom. The van der Waals surface area contributed by atoms with E-state index in [1.165, 1.54) is 12.3 Å². The van der Waals surface area contributed by atoms with E-state index in [1.807, 2.05) is 12.1 Å². The lowest BCUT2D eigenvalue weighted by Gasteiger charge is -2.14. The van der Waals surface area contributed by atoms with Gasteiger partial charge >= 0.3 is 0 Å². The highest BCUT2D eigenvalue weighted by Crippen LogP contribution is 2.28. The van der Waals surface area contributed by atoms with Gasteiger partial charge in [0, 0.05) is 28.7 Å². The van der Waals surface area contributed by atoms with Crippen LogP contribution in [0.5, 0.6) is 0 Å². The molecule has 0 N–H and O–H groups in total. The standard InChI is InChI=1S/C16H12Cl2N2O2/c17-12-3-1-10(2-4-12)7-11-8-15(21)20(16(11)22)14-9-13(18)5-6-19-14/h1-6,9,11H,7-8H2/t11-/m0/s1. The Kier molecular flexibility index (Phi) is 4.14. The smallest absolute Gasteiger partial charge is 0.238 e. The Labute approximate surface area is 137 Å². The largest absolute Gasteiger partial charge is 0.274 e. The fraction of sp³-hybridized carbons (Fsp3) is 0.188. The highest BCUT2D eigenvalue weighted by Gasteiger charge is 2.40. The molecular weight excluding hydrogens is 323 g/mol. The van der Waals surface area contributed by atoms with Crippen molar-refractivity contribution in [1.82, 2.24) is 4.98 Å². The molecule has 1 aliphatic heterocycles. The van der Waals surface area contributed by atoms with Crippen molar-refractivity contribution in [3.05, 3.63) is 58.2 Å². The van der Waals surface area contributed by atoms with Crippen molar-refractivity contribution in [2.45, 2.75) is 12.8 Å². The Morgan fingerprint density at radius 3 is 2.50 bits per heavy atom. The number of rotatable bonds is 3. The zero-order valence-electron chi connectivity index (χ0n) is 11.5. The van der Waals surface area contributed by atoms with Gasteiger partial charge in [0.15, 0.2) is 0 Å². The molecule has 22 heavy (non-hydrogen) atoms. The summed E-state index contributed by atoms with van der Waals surface area (Å²) in [5, 5.41) is 1.08. The van der Waals surface area contributed by atoms with Crippen LogP contribution in [-0.2, 0) is 16.0 Å². The first kappa shape index (κ1) is 15.0. The van der Waals surface area contributed by atoms with Gasteiger partial charge in [0.25, 0.3) is 0 Å². The minimum absolute atomic E-state index is 0.176. The van der Waals surface area contributed by atoms with E-state index in [0.717, 1.165) is 10.5 Å². The zero-order valence-corrected chi connectivity index (χ0v) is 13.0. The number of carbonyl (C=O) groups is 2. The van der Waals surface area contributed by atoms with Crippen LogP contribution in [0.1, 0.15) is 12.0 Å². The van der Waals surface area contributed by atoms with Crippen LogP contribution >= 0.6 is 23.2 Å². The first-order chi connectivity index (χ1) is 10.5. The number of nitrogens with zero attached hydrogens (tertiary/aromatic N) is 2. The first-order valence-corrected chi connectivity index (χ1v) is 7.53. The third kappa shape index (κ3) is 2.98. The van der Waals surface area contributed by atoms with Crippen LogP contribution in [0.25, 0.3) is 0 Å². The monoisotopic (exact) mass is 334 g/mol. The second-order valence-corrected chi connectivity index (χ2v) is 6.00. The van der Waals surface area contributed by atoms with E-state index in [0.29, 0.717) is 16.5 Å². The van der Waals surface area contributed by atoms with Gasteiger partial charge < -0.3 is 0 Å². The maximum Gasteiger partial charge on any atom is 0.238 e. The molecule has 1 saturated heterocycles. The van der Waals surface area contributed by atoms with Gasteiger partial charge in [-0.15, -0.1) is 0 Å². The third-order valence-corrected chi connectivity index (χ3v) is 4.06. The summed E-state index contributed by atoms with van der Waals surface area (Å²) in [5.74, 6) is -0.594. The summed E-state index contributed by atoms with van der Waals surface area (Å²) in [4.78, 5) is 29.8. The molecule has 1 aromatic carbocycles. The third-order valence-electron chi connectivity index (χ3n) is 3.57. The fourth-order valence-electron chi connectivity index (χ4n) is 2.52. The lowest BCUT2D eigenvalue weighted by Crippen LogP contribution is -2.31. The summed E-state index contributed by atoms with van der Waals surface area (Å²) in [5.41, 5.74) is 0.969. The van der Waals surface area contributed by atoms with Crippen molar-refractivity contribution in [1.29, 1.82) is 0 Å². The Morgan fingerprint density at radius 1 is 1.09 bits per heavy atom. The Hall–Kier alpha value is -1.91. The van der Waals surface area contributed by atoms with Gasteiger partial charge in [-0.1, -0.05) is 35.3 Å². The number of benzene rings is 1. The predicted molar refractivity (Wildman–Crippen MR) is 85.0 cm³/mol. The van der Waals surface area contributed by atoms with Crippen LogP contribution in [0.3, 0.4) is 0 Å². The Bertz CT molecular complexity index is 731. The van der Waals surface area contributed by atoms with Crippen LogP contribution in [0.2, 0.25) is 10.0 Å². The van der Waals surface area contributed by atoms with Gasteiger partial charge in [0.2, 0.25) is 11.8 Å². The summed E-state index contributed by atoms with van der Waals surface area (Å²) < 4.78 is 0. The van der Waals surface area contributed by atoms with Gasteiger partial charge in [0.1, 0.15) is 5.82 Å². The normalized spacial score (nSPS) is 18.1. The highest BCUT2D eigenvalue weighted by atomic mass is 35.5. The average molecular weight is 335 g/mol. The van der Waals surface area contributed by atoms with Gasteiger partial charge in [-0.05, 0) is 30.2 Å². The molecule has 0 bridgehead atoms. The molecule has 2 aromatic rings. The molecule has 2 amide bonds. The predicted octanol–water partition coefficient (Wildman–Crippen LogP) is 3.51. The van der Waals surface area contributed by atoms with Gasteiger partial charge in [-0.2, -0.15) is 0 Å². The van der Waals surface area contributed by atoms with Crippen molar-refractivity contribution < 1.29 is 9.59 Å². The molecular formula is C16H12Cl2N2O2. The summed E-state index contributed by atoms with van der Waals surface area (Å²) in [6, 6.07) is 10.4. The molecule has 2 heterocycles. The molecule has 0 spiro atoms. The number of pyridine rings is 1. The van der Waals surface area contributed by atoms with E-state index in [-0.39, 0.29) is 30.0 Å². The van der Waals surface area contributed by atoms with Crippen LogP contribution in [0, 0.1) is 5.92 Å². The van der Waals surface area contributed by atoms with E-state index >= 15 is 0 Å². The molecule has 0 unspecified atom stereocenters. The molecule has 1 fully saturated rings. The number of anilines is 1. The zero-order chi connectivity index (χ0) is 15.7. The second-order valence-electron chi connectivity index (χ2n) is 5.13. The molecule has 3 rings (SSSR count). The molecule has 1 aliphatic rings.